The lowest BCUT2D eigenvalue weighted by Gasteiger charge is -2.12. The number of anilines is 1. The summed E-state index contributed by atoms with van der Waals surface area (Å²) in [6.45, 7) is 2.82. The van der Waals surface area contributed by atoms with Crippen LogP contribution in [0.4, 0.5) is 11.4 Å². The molecule has 2 rings (SSSR count). The average molecular weight is 271 g/mol. The van der Waals surface area contributed by atoms with E-state index in [0.717, 1.165) is 16.8 Å². The van der Waals surface area contributed by atoms with Gasteiger partial charge in [0.25, 0.3) is 5.69 Å². The first-order valence-corrected chi connectivity index (χ1v) is 6.38. The molecule has 0 aromatic heterocycles. The Bertz CT molecular complexity index is 626. The van der Waals surface area contributed by atoms with Crippen LogP contribution in [0.15, 0.2) is 42.5 Å². The van der Waals surface area contributed by atoms with Crippen LogP contribution in [-0.2, 0) is 13.1 Å². The first-order valence-electron chi connectivity index (χ1n) is 6.38. The average Bonchev–Trinajstić information content (AvgIpc) is 2.46. The minimum Gasteiger partial charge on any atom is -0.381 e. The van der Waals surface area contributed by atoms with Gasteiger partial charge >= 0.3 is 0 Å². The van der Waals surface area contributed by atoms with Gasteiger partial charge in [-0.3, -0.25) is 10.1 Å². The van der Waals surface area contributed by atoms with Gasteiger partial charge in [-0.2, -0.15) is 0 Å². The Morgan fingerprint density at radius 3 is 2.50 bits per heavy atom. The van der Waals surface area contributed by atoms with Crippen LogP contribution in [0, 0.1) is 17.0 Å². The molecule has 2 aromatic carbocycles. The standard InChI is InChI=1S/C15H17N3O2/c1-11-14(7-4-8-15(11)18(19)20)17-10-13-6-3-2-5-12(13)9-16/h2-8,17H,9-10,16H2,1H3. The van der Waals surface area contributed by atoms with Gasteiger partial charge in [0.15, 0.2) is 0 Å². The van der Waals surface area contributed by atoms with Gasteiger partial charge in [-0.15, -0.1) is 0 Å². The number of hydrogen-bond acceptors (Lipinski definition) is 4. The molecule has 5 nitrogen and oxygen atoms in total. The van der Waals surface area contributed by atoms with E-state index in [2.05, 4.69) is 5.32 Å². The van der Waals surface area contributed by atoms with Crippen molar-refractivity contribution in [2.75, 3.05) is 5.32 Å². The summed E-state index contributed by atoms with van der Waals surface area (Å²) in [5.41, 5.74) is 9.40. The maximum Gasteiger partial charge on any atom is 0.274 e. The second-order valence-electron chi connectivity index (χ2n) is 4.53. The van der Waals surface area contributed by atoms with Crippen molar-refractivity contribution >= 4 is 11.4 Å². The molecule has 20 heavy (non-hydrogen) atoms. The molecule has 0 radical (unpaired) electrons. The second-order valence-corrected chi connectivity index (χ2v) is 4.53. The predicted octanol–water partition coefficient (Wildman–Crippen LogP) is 2.97. The van der Waals surface area contributed by atoms with E-state index in [4.69, 9.17) is 5.73 Å². The molecule has 0 aliphatic rings. The maximum absolute atomic E-state index is 10.9. The van der Waals surface area contributed by atoms with Crippen LogP contribution >= 0.6 is 0 Å². The van der Waals surface area contributed by atoms with Gasteiger partial charge in [0, 0.05) is 30.4 Å². The molecule has 0 atom stereocenters. The minimum absolute atomic E-state index is 0.127. The number of nitro groups is 1. The lowest BCUT2D eigenvalue weighted by Crippen LogP contribution is -2.07. The minimum atomic E-state index is -0.367. The Labute approximate surface area is 117 Å². The smallest absolute Gasteiger partial charge is 0.274 e. The van der Waals surface area contributed by atoms with Gasteiger partial charge in [0.2, 0.25) is 0 Å². The lowest BCUT2D eigenvalue weighted by molar-refractivity contribution is -0.385. The van der Waals surface area contributed by atoms with Crippen LogP contribution < -0.4 is 11.1 Å². The van der Waals surface area contributed by atoms with E-state index in [0.29, 0.717) is 18.7 Å². The fourth-order valence-corrected chi connectivity index (χ4v) is 2.13. The van der Waals surface area contributed by atoms with E-state index in [1.807, 2.05) is 30.3 Å². The third-order valence-electron chi connectivity index (χ3n) is 3.31. The Kier molecular flexibility index (Phi) is 4.32. The molecule has 0 aliphatic carbocycles. The summed E-state index contributed by atoms with van der Waals surface area (Å²) in [6.07, 6.45) is 0. The molecule has 0 spiro atoms. The summed E-state index contributed by atoms with van der Waals surface area (Å²) >= 11 is 0. The molecule has 0 fully saturated rings. The first-order chi connectivity index (χ1) is 9.63. The van der Waals surface area contributed by atoms with E-state index in [1.54, 1.807) is 13.0 Å². The Balaban J connectivity index is 2.19. The van der Waals surface area contributed by atoms with Crippen molar-refractivity contribution in [1.29, 1.82) is 0 Å². The highest BCUT2D eigenvalue weighted by molar-refractivity contribution is 5.60. The summed E-state index contributed by atoms with van der Waals surface area (Å²) in [4.78, 5) is 10.5. The van der Waals surface area contributed by atoms with Gasteiger partial charge in [0.05, 0.1) is 4.92 Å². The number of hydrogen-bond donors (Lipinski definition) is 2. The molecule has 3 N–H and O–H groups in total. The van der Waals surface area contributed by atoms with Crippen LogP contribution in [0.5, 0.6) is 0 Å². The van der Waals surface area contributed by atoms with E-state index < -0.39 is 0 Å². The van der Waals surface area contributed by atoms with Crippen molar-refractivity contribution in [3.05, 3.63) is 69.3 Å². The quantitative estimate of drug-likeness (QED) is 0.647. The van der Waals surface area contributed by atoms with Crippen molar-refractivity contribution in [3.8, 4) is 0 Å². The molecule has 0 saturated carbocycles. The Hall–Kier alpha value is -2.40. The van der Waals surface area contributed by atoms with Crippen molar-refractivity contribution in [1.82, 2.24) is 0 Å². The highest BCUT2D eigenvalue weighted by atomic mass is 16.6. The fraction of sp³-hybridized carbons (Fsp3) is 0.200. The summed E-state index contributed by atoms with van der Waals surface area (Å²) in [5.74, 6) is 0. The van der Waals surface area contributed by atoms with Crippen LogP contribution in [0.3, 0.4) is 0 Å². The zero-order valence-corrected chi connectivity index (χ0v) is 11.3. The highest BCUT2D eigenvalue weighted by Crippen LogP contribution is 2.25. The molecule has 0 aliphatic heterocycles. The summed E-state index contributed by atoms with van der Waals surface area (Å²) in [7, 11) is 0. The number of benzene rings is 2. The van der Waals surface area contributed by atoms with Gasteiger partial charge in [-0.05, 0) is 24.1 Å². The number of nitrogens with two attached hydrogens (primary N) is 1. The molecule has 0 unspecified atom stereocenters. The van der Waals surface area contributed by atoms with E-state index >= 15 is 0 Å². The monoisotopic (exact) mass is 271 g/mol. The second kappa shape index (κ2) is 6.16. The SMILES string of the molecule is Cc1c(NCc2ccccc2CN)cccc1[N+](=O)[O-]. The molecule has 104 valence electrons. The topological polar surface area (TPSA) is 81.2 Å². The number of rotatable bonds is 5. The van der Waals surface area contributed by atoms with Gasteiger partial charge < -0.3 is 11.1 Å². The lowest BCUT2D eigenvalue weighted by atomic mass is 10.1. The maximum atomic E-state index is 10.9. The zero-order valence-electron chi connectivity index (χ0n) is 11.3. The fourth-order valence-electron chi connectivity index (χ4n) is 2.13. The van der Waals surface area contributed by atoms with Gasteiger partial charge in [-0.1, -0.05) is 30.3 Å². The number of nitro benzene ring substituents is 1. The molecular weight excluding hydrogens is 254 g/mol. The molecule has 0 bridgehead atoms. The van der Waals surface area contributed by atoms with Gasteiger partial charge in [-0.25, -0.2) is 0 Å². The van der Waals surface area contributed by atoms with Crippen LogP contribution in [-0.4, -0.2) is 4.92 Å². The molecule has 5 heteroatoms. The molecule has 0 saturated heterocycles. The van der Waals surface area contributed by atoms with Crippen LogP contribution in [0.2, 0.25) is 0 Å². The van der Waals surface area contributed by atoms with Crippen molar-refractivity contribution in [3.63, 3.8) is 0 Å². The van der Waals surface area contributed by atoms with Crippen molar-refractivity contribution in [2.45, 2.75) is 20.0 Å². The van der Waals surface area contributed by atoms with E-state index in [1.165, 1.54) is 6.07 Å². The largest absolute Gasteiger partial charge is 0.381 e. The first kappa shape index (κ1) is 14.0. The molecule has 0 amide bonds. The third kappa shape index (κ3) is 2.95. The Morgan fingerprint density at radius 1 is 1.15 bits per heavy atom. The molecule has 0 heterocycles. The van der Waals surface area contributed by atoms with Crippen molar-refractivity contribution < 1.29 is 4.92 Å². The van der Waals surface area contributed by atoms with Crippen LogP contribution in [0.25, 0.3) is 0 Å². The summed E-state index contributed by atoms with van der Waals surface area (Å²) < 4.78 is 0. The molecular formula is C15H17N3O2. The normalized spacial score (nSPS) is 10.3. The predicted molar refractivity (Wildman–Crippen MR) is 79.5 cm³/mol. The highest BCUT2D eigenvalue weighted by Gasteiger charge is 2.13. The third-order valence-corrected chi connectivity index (χ3v) is 3.31. The van der Waals surface area contributed by atoms with Crippen molar-refractivity contribution in [2.24, 2.45) is 5.73 Å². The van der Waals surface area contributed by atoms with Crippen LogP contribution in [0.1, 0.15) is 16.7 Å². The summed E-state index contributed by atoms with van der Waals surface area (Å²) in [6, 6.07) is 12.9. The number of nitrogens with one attached hydrogen (secondary N) is 1. The number of nitrogens with zero attached hydrogens (tertiary/aromatic N) is 1. The van der Waals surface area contributed by atoms with E-state index in [9.17, 15) is 10.1 Å². The Morgan fingerprint density at radius 2 is 1.85 bits per heavy atom. The summed E-state index contributed by atoms with van der Waals surface area (Å²) in [5, 5.41) is 14.1. The molecule has 2 aromatic rings. The van der Waals surface area contributed by atoms with E-state index in [-0.39, 0.29) is 10.6 Å². The zero-order chi connectivity index (χ0) is 14.5. The van der Waals surface area contributed by atoms with Gasteiger partial charge in [0.1, 0.15) is 0 Å².